The highest BCUT2D eigenvalue weighted by Gasteiger charge is 2.36. The van der Waals surface area contributed by atoms with E-state index in [9.17, 15) is 13.2 Å². The second-order valence-corrected chi connectivity index (χ2v) is 7.49. The first-order chi connectivity index (χ1) is 12.5. The summed E-state index contributed by atoms with van der Waals surface area (Å²) >= 11 is 0. The Hall–Kier alpha value is -2.58. The summed E-state index contributed by atoms with van der Waals surface area (Å²) in [6.07, 6.45) is 0.388. The number of amides is 1. The molecule has 0 bridgehead atoms. The zero-order valence-electron chi connectivity index (χ0n) is 14.5. The molecule has 0 aliphatic carbocycles. The van der Waals surface area contributed by atoms with E-state index < -0.39 is 16.1 Å². The molecule has 8 heteroatoms. The lowest BCUT2D eigenvalue weighted by atomic mass is 10.3. The molecule has 1 saturated heterocycles. The van der Waals surface area contributed by atoms with Crippen LogP contribution in [0.5, 0.6) is 11.5 Å². The first kappa shape index (κ1) is 18.2. The highest BCUT2D eigenvalue weighted by Crippen LogP contribution is 2.29. The molecule has 1 aliphatic rings. The van der Waals surface area contributed by atoms with E-state index in [2.05, 4.69) is 4.72 Å². The van der Waals surface area contributed by atoms with E-state index in [1.165, 1.54) is 26.4 Å². The Morgan fingerprint density at radius 3 is 2.46 bits per heavy atom. The van der Waals surface area contributed by atoms with Gasteiger partial charge in [-0.25, -0.2) is 8.42 Å². The Labute approximate surface area is 152 Å². The number of para-hydroxylation sites is 1. The van der Waals surface area contributed by atoms with Gasteiger partial charge in [0, 0.05) is 18.3 Å². The SMILES string of the molecule is COc1ccc(OC)c(S(=O)(=O)NC2CCN(c3ccccc3)C2=O)c1. The van der Waals surface area contributed by atoms with Crippen LogP contribution in [0.2, 0.25) is 0 Å². The van der Waals surface area contributed by atoms with Gasteiger partial charge in [-0.15, -0.1) is 0 Å². The fourth-order valence-electron chi connectivity index (χ4n) is 2.90. The normalized spacial score (nSPS) is 17.4. The third-order valence-electron chi connectivity index (χ3n) is 4.23. The number of hydrogen-bond acceptors (Lipinski definition) is 5. The molecule has 1 aliphatic heterocycles. The van der Waals surface area contributed by atoms with Gasteiger partial charge in [0.25, 0.3) is 0 Å². The molecule has 1 fully saturated rings. The van der Waals surface area contributed by atoms with Crippen LogP contribution >= 0.6 is 0 Å². The smallest absolute Gasteiger partial charge is 0.245 e. The van der Waals surface area contributed by atoms with Gasteiger partial charge in [0.15, 0.2) is 0 Å². The molecule has 0 radical (unpaired) electrons. The van der Waals surface area contributed by atoms with Gasteiger partial charge >= 0.3 is 0 Å². The lowest BCUT2D eigenvalue weighted by Gasteiger charge is -2.18. The molecule has 1 N–H and O–H groups in total. The van der Waals surface area contributed by atoms with Crippen LogP contribution in [0.25, 0.3) is 0 Å². The molecule has 1 unspecified atom stereocenters. The monoisotopic (exact) mass is 376 g/mol. The lowest BCUT2D eigenvalue weighted by molar-refractivity contribution is -0.118. The zero-order chi connectivity index (χ0) is 18.7. The Morgan fingerprint density at radius 2 is 1.81 bits per heavy atom. The zero-order valence-corrected chi connectivity index (χ0v) is 15.3. The van der Waals surface area contributed by atoms with Crippen LogP contribution in [0.1, 0.15) is 6.42 Å². The van der Waals surface area contributed by atoms with Crippen molar-refractivity contribution in [3.8, 4) is 11.5 Å². The summed E-state index contributed by atoms with van der Waals surface area (Å²) < 4.78 is 38.3. The molecule has 2 aromatic carbocycles. The molecule has 3 rings (SSSR count). The Bertz CT molecular complexity index is 899. The highest BCUT2D eigenvalue weighted by atomic mass is 32.2. The van der Waals surface area contributed by atoms with Crippen LogP contribution in [-0.2, 0) is 14.8 Å². The van der Waals surface area contributed by atoms with Crippen molar-refractivity contribution in [2.24, 2.45) is 0 Å². The lowest BCUT2D eigenvalue weighted by Crippen LogP contribution is -2.41. The van der Waals surface area contributed by atoms with E-state index in [0.29, 0.717) is 18.7 Å². The maximum atomic E-state index is 12.8. The standard InChI is InChI=1S/C18H20N2O5S/c1-24-14-8-9-16(25-2)17(12-14)26(22,23)19-15-10-11-20(18(15)21)13-6-4-3-5-7-13/h3-9,12,15,19H,10-11H2,1-2H3. The van der Waals surface area contributed by atoms with Gasteiger partial charge in [-0.1, -0.05) is 18.2 Å². The summed E-state index contributed by atoms with van der Waals surface area (Å²) in [5, 5.41) is 0. The molecule has 26 heavy (non-hydrogen) atoms. The quantitative estimate of drug-likeness (QED) is 0.831. The van der Waals surface area contributed by atoms with Crippen molar-refractivity contribution in [3.63, 3.8) is 0 Å². The molecule has 1 atom stereocenters. The molecular weight excluding hydrogens is 356 g/mol. The fourth-order valence-corrected chi connectivity index (χ4v) is 4.31. The number of nitrogens with one attached hydrogen (secondary N) is 1. The molecule has 0 saturated carbocycles. The number of methoxy groups -OCH3 is 2. The van der Waals surface area contributed by atoms with Gasteiger partial charge < -0.3 is 14.4 Å². The number of nitrogens with zero attached hydrogens (tertiary/aromatic N) is 1. The largest absolute Gasteiger partial charge is 0.497 e. The van der Waals surface area contributed by atoms with Gasteiger partial charge in [-0.2, -0.15) is 4.72 Å². The molecular formula is C18H20N2O5S. The predicted molar refractivity (Wildman–Crippen MR) is 97.1 cm³/mol. The van der Waals surface area contributed by atoms with E-state index in [4.69, 9.17) is 9.47 Å². The van der Waals surface area contributed by atoms with Gasteiger partial charge in [0.1, 0.15) is 22.4 Å². The molecule has 7 nitrogen and oxygen atoms in total. The second-order valence-electron chi connectivity index (χ2n) is 5.80. The minimum atomic E-state index is -3.96. The number of ether oxygens (including phenoxy) is 2. The number of rotatable bonds is 6. The van der Waals surface area contributed by atoms with Gasteiger partial charge in [0.2, 0.25) is 15.9 Å². The van der Waals surface area contributed by atoms with E-state index in [-0.39, 0.29) is 16.6 Å². The molecule has 2 aromatic rings. The van der Waals surface area contributed by atoms with Crippen LogP contribution in [-0.4, -0.2) is 41.1 Å². The number of carbonyl (C=O) groups excluding carboxylic acids is 1. The van der Waals surface area contributed by atoms with Crippen LogP contribution in [0.4, 0.5) is 5.69 Å². The number of carbonyl (C=O) groups is 1. The van der Waals surface area contributed by atoms with Crippen molar-refractivity contribution in [2.45, 2.75) is 17.4 Å². The van der Waals surface area contributed by atoms with E-state index >= 15 is 0 Å². The summed E-state index contributed by atoms with van der Waals surface area (Å²) in [5.41, 5.74) is 0.748. The minimum absolute atomic E-state index is 0.0645. The van der Waals surface area contributed by atoms with Crippen molar-refractivity contribution < 1.29 is 22.7 Å². The van der Waals surface area contributed by atoms with Gasteiger partial charge in [-0.3, -0.25) is 4.79 Å². The second kappa shape index (κ2) is 7.35. The number of sulfonamides is 1. The first-order valence-electron chi connectivity index (χ1n) is 8.07. The van der Waals surface area contributed by atoms with Crippen molar-refractivity contribution >= 4 is 21.6 Å². The topological polar surface area (TPSA) is 84.9 Å². The maximum Gasteiger partial charge on any atom is 0.245 e. The third-order valence-corrected chi connectivity index (χ3v) is 5.72. The maximum absolute atomic E-state index is 12.8. The van der Waals surface area contributed by atoms with E-state index in [1.807, 2.05) is 30.3 Å². The van der Waals surface area contributed by atoms with Gasteiger partial charge in [0.05, 0.1) is 14.2 Å². The van der Waals surface area contributed by atoms with Crippen LogP contribution in [0, 0.1) is 0 Å². The van der Waals surface area contributed by atoms with E-state index in [1.54, 1.807) is 11.0 Å². The average molecular weight is 376 g/mol. The van der Waals surface area contributed by atoms with Crippen LogP contribution in [0.3, 0.4) is 0 Å². The molecule has 1 amide bonds. The fraction of sp³-hybridized carbons (Fsp3) is 0.278. The summed E-state index contributed by atoms with van der Waals surface area (Å²) in [6.45, 7) is 0.450. The van der Waals surface area contributed by atoms with Crippen molar-refractivity contribution in [3.05, 3.63) is 48.5 Å². The van der Waals surface area contributed by atoms with Crippen LogP contribution < -0.4 is 19.1 Å². The summed E-state index contributed by atoms with van der Waals surface area (Å²) in [4.78, 5) is 14.2. The Kier molecular flexibility index (Phi) is 5.15. The number of anilines is 1. The minimum Gasteiger partial charge on any atom is -0.497 e. The number of hydrogen-bond donors (Lipinski definition) is 1. The van der Waals surface area contributed by atoms with Crippen molar-refractivity contribution in [1.29, 1.82) is 0 Å². The summed E-state index contributed by atoms with van der Waals surface area (Å²) in [5.74, 6) is 0.292. The molecule has 0 spiro atoms. The van der Waals surface area contributed by atoms with Crippen LogP contribution in [0.15, 0.2) is 53.4 Å². The summed E-state index contributed by atoms with van der Waals surface area (Å²) in [7, 11) is -1.12. The molecule has 1 heterocycles. The van der Waals surface area contributed by atoms with E-state index in [0.717, 1.165) is 5.69 Å². The molecule has 138 valence electrons. The predicted octanol–water partition coefficient (Wildman–Crippen LogP) is 1.79. The van der Waals surface area contributed by atoms with Crippen molar-refractivity contribution in [1.82, 2.24) is 4.72 Å². The third kappa shape index (κ3) is 3.51. The van der Waals surface area contributed by atoms with Gasteiger partial charge in [-0.05, 0) is 30.7 Å². The Morgan fingerprint density at radius 1 is 1.08 bits per heavy atom. The van der Waals surface area contributed by atoms with Crippen molar-refractivity contribution in [2.75, 3.05) is 25.7 Å². The molecule has 0 aromatic heterocycles. The summed E-state index contributed by atoms with van der Waals surface area (Å²) in [6, 6.07) is 12.8. The highest BCUT2D eigenvalue weighted by molar-refractivity contribution is 7.89. The number of benzene rings is 2. The average Bonchev–Trinajstić information content (AvgIpc) is 3.01. The Balaban J connectivity index is 1.84. The first-order valence-corrected chi connectivity index (χ1v) is 9.55.